The van der Waals surface area contributed by atoms with Gasteiger partial charge in [0.15, 0.2) is 0 Å². The van der Waals surface area contributed by atoms with Gasteiger partial charge in [0.25, 0.3) is 0 Å². The second-order valence-corrected chi connectivity index (χ2v) is 5.56. The van der Waals surface area contributed by atoms with Crippen molar-refractivity contribution < 1.29 is 19.4 Å². The average Bonchev–Trinajstić information content (AvgIpc) is 2.37. The number of carboxylic acid groups (broad SMARTS) is 1. The molecular weight excluding hydrogens is 270 g/mol. The van der Waals surface area contributed by atoms with Gasteiger partial charge in [0.05, 0.1) is 6.10 Å². The van der Waals surface area contributed by atoms with E-state index in [4.69, 9.17) is 4.74 Å². The first kappa shape index (κ1) is 15.4. The SMILES string of the molecule is CCC(C)Oc1cccc(NC(=O)C2(C(=O)O)CCC2)c1. The van der Waals surface area contributed by atoms with Gasteiger partial charge in [-0.3, -0.25) is 9.59 Å². The molecule has 5 nitrogen and oxygen atoms in total. The molecule has 0 spiro atoms. The van der Waals surface area contributed by atoms with Crippen molar-refractivity contribution in [2.45, 2.75) is 45.6 Å². The van der Waals surface area contributed by atoms with Gasteiger partial charge in [-0.05, 0) is 38.3 Å². The summed E-state index contributed by atoms with van der Waals surface area (Å²) in [6, 6.07) is 7.05. The molecule has 1 aliphatic carbocycles. The van der Waals surface area contributed by atoms with Gasteiger partial charge in [-0.15, -0.1) is 0 Å². The molecule has 5 heteroatoms. The summed E-state index contributed by atoms with van der Waals surface area (Å²) in [6.07, 6.45) is 2.55. The third-order valence-electron chi connectivity index (χ3n) is 4.06. The minimum absolute atomic E-state index is 0.0907. The van der Waals surface area contributed by atoms with Crippen LogP contribution in [0.4, 0.5) is 5.69 Å². The van der Waals surface area contributed by atoms with E-state index in [1.807, 2.05) is 19.9 Å². The standard InChI is InChI=1S/C16H21NO4/c1-3-11(2)21-13-7-4-6-12(10-13)17-14(18)16(15(19)20)8-5-9-16/h4,6-7,10-11H,3,5,8-9H2,1-2H3,(H,17,18)(H,19,20). The lowest BCUT2D eigenvalue weighted by molar-refractivity contribution is -0.159. The summed E-state index contributed by atoms with van der Waals surface area (Å²) in [7, 11) is 0. The first-order valence-corrected chi connectivity index (χ1v) is 7.29. The predicted molar refractivity (Wildman–Crippen MR) is 79.4 cm³/mol. The van der Waals surface area contributed by atoms with E-state index in [2.05, 4.69) is 5.32 Å². The van der Waals surface area contributed by atoms with Crippen molar-refractivity contribution >= 4 is 17.6 Å². The van der Waals surface area contributed by atoms with Gasteiger partial charge in [0.2, 0.25) is 5.91 Å². The van der Waals surface area contributed by atoms with Crippen LogP contribution in [0.5, 0.6) is 5.75 Å². The molecular formula is C16H21NO4. The van der Waals surface area contributed by atoms with Gasteiger partial charge < -0.3 is 15.2 Å². The highest BCUT2D eigenvalue weighted by Gasteiger charge is 2.51. The average molecular weight is 291 g/mol. The Balaban J connectivity index is 2.07. The van der Waals surface area contributed by atoms with E-state index in [-0.39, 0.29) is 6.10 Å². The molecule has 114 valence electrons. The lowest BCUT2D eigenvalue weighted by Gasteiger charge is -2.35. The third kappa shape index (κ3) is 3.17. The molecule has 1 fully saturated rings. The molecule has 0 heterocycles. The smallest absolute Gasteiger partial charge is 0.319 e. The highest BCUT2D eigenvalue weighted by molar-refractivity contribution is 6.09. The Labute approximate surface area is 124 Å². The van der Waals surface area contributed by atoms with Crippen LogP contribution in [0.15, 0.2) is 24.3 Å². The summed E-state index contributed by atoms with van der Waals surface area (Å²) in [5.74, 6) is -0.819. The molecule has 1 atom stereocenters. The molecule has 1 aromatic carbocycles. The minimum Gasteiger partial charge on any atom is -0.491 e. The van der Waals surface area contributed by atoms with Gasteiger partial charge in [0, 0.05) is 11.8 Å². The number of carbonyl (C=O) groups excluding carboxylic acids is 1. The van der Waals surface area contributed by atoms with Crippen LogP contribution in [0, 0.1) is 5.41 Å². The van der Waals surface area contributed by atoms with E-state index < -0.39 is 17.3 Å². The van der Waals surface area contributed by atoms with Gasteiger partial charge in [0.1, 0.15) is 11.2 Å². The summed E-state index contributed by atoms with van der Waals surface area (Å²) in [5.41, 5.74) is -0.693. The molecule has 1 saturated carbocycles. The zero-order valence-corrected chi connectivity index (χ0v) is 12.4. The molecule has 0 radical (unpaired) electrons. The first-order chi connectivity index (χ1) is 9.98. The zero-order chi connectivity index (χ0) is 15.5. The van der Waals surface area contributed by atoms with Gasteiger partial charge in [-0.1, -0.05) is 19.4 Å². The predicted octanol–water partition coefficient (Wildman–Crippen LogP) is 3.06. The number of aliphatic carboxylic acids is 1. The summed E-state index contributed by atoms with van der Waals surface area (Å²) >= 11 is 0. The lowest BCUT2D eigenvalue weighted by Crippen LogP contribution is -2.48. The fraction of sp³-hybridized carbons (Fsp3) is 0.500. The highest BCUT2D eigenvalue weighted by atomic mass is 16.5. The van der Waals surface area contributed by atoms with Crippen molar-refractivity contribution in [3.8, 4) is 5.75 Å². The van der Waals surface area contributed by atoms with Crippen LogP contribution in [-0.4, -0.2) is 23.1 Å². The van der Waals surface area contributed by atoms with Crippen LogP contribution >= 0.6 is 0 Å². The Morgan fingerprint density at radius 3 is 2.67 bits per heavy atom. The number of hydrogen-bond donors (Lipinski definition) is 2. The Morgan fingerprint density at radius 1 is 1.43 bits per heavy atom. The number of carboxylic acids is 1. The summed E-state index contributed by atoms with van der Waals surface area (Å²) in [5, 5.41) is 12.0. The molecule has 2 N–H and O–H groups in total. The third-order valence-corrected chi connectivity index (χ3v) is 4.06. The van der Waals surface area contributed by atoms with Crippen LogP contribution < -0.4 is 10.1 Å². The fourth-order valence-electron chi connectivity index (χ4n) is 2.28. The quantitative estimate of drug-likeness (QED) is 0.790. The van der Waals surface area contributed by atoms with E-state index in [0.717, 1.165) is 12.8 Å². The van der Waals surface area contributed by atoms with E-state index in [9.17, 15) is 14.7 Å². The first-order valence-electron chi connectivity index (χ1n) is 7.29. The number of nitrogens with one attached hydrogen (secondary N) is 1. The summed E-state index contributed by atoms with van der Waals surface area (Å²) in [4.78, 5) is 23.5. The fourth-order valence-corrected chi connectivity index (χ4v) is 2.28. The second-order valence-electron chi connectivity index (χ2n) is 5.56. The molecule has 1 unspecified atom stereocenters. The normalized spacial score (nSPS) is 17.4. The van der Waals surface area contributed by atoms with Crippen molar-refractivity contribution in [3.63, 3.8) is 0 Å². The second kappa shape index (κ2) is 6.16. The molecule has 2 rings (SSSR count). The van der Waals surface area contributed by atoms with Crippen molar-refractivity contribution in [3.05, 3.63) is 24.3 Å². The minimum atomic E-state index is -1.26. The topological polar surface area (TPSA) is 75.6 Å². The molecule has 0 bridgehead atoms. The van der Waals surface area contributed by atoms with E-state index in [0.29, 0.717) is 24.3 Å². The van der Waals surface area contributed by atoms with Crippen LogP contribution in [0.3, 0.4) is 0 Å². The maximum atomic E-state index is 12.2. The number of rotatable bonds is 6. The van der Waals surface area contributed by atoms with Crippen LogP contribution in [-0.2, 0) is 9.59 Å². The molecule has 1 amide bonds. The number of ether oxygens (including phenoxy) is 1. The lowest BCUT2D eigenvalue weighted by atomic mass is 9.68. The van der Waals surface area contributed by atoms with E-state index in [1.54, 1.807) is 18.2 Å². The summed E-state index contributed by atoms with van der Waals surface area (Å²) < 4.78 is 5.69. The number of hydrogen-bond acceptors (Lipinski definition) is 3. The van der Waals surface area contributed by atoms with Crippen molar-refractivity contribution in [1.29, 1.82) is 0 Å². The Morgan fingerprint density at radius 2 is 2.14 bits per heavy atom. The Hall–Kier alpha value is -2.04. The monoisotopic (exact) mass is 291 g/mol. The maximum Gasteiger partial charge on any atom is 0.319 e. The van der Waals surface area contributed by atoms with Crippen molar-refractivity contribution in [2.24, 2.45) is 5.41 Å². The number of amides is 1. The number of anilines is 1. The Bertz CT molecular complexity index is 537. The van der Waals surface area contributed by atoms with Crippen molar-refractivity contribution in [1.82, 2.24) is 0 Å². The van der Waals surface area contributed by atoms with Gasteiger partial charge in [-0.2, -0.15) is 0 Å². The summed E-state index contributed by atoms with van der Waals surface area (Å²) in [6.45, 7) is 4.00. The molecule has 1 aromatic rings. The van der Waals surface area contributed by atoms with E-state index in [1.165, 1.54) is 0 Å². The van der Waals surface area contributed by atoms with E-state index >= 15 is 0 Å². The van der Waals surface area contributed by atoms with Crippen LogP contribution in [0.1, 0.15) is 39.5 Å². The van der Waals surface area contributed by atoms with Crippen LogP contribution in [0.2, 0.25) is 0 Å². The van der Waals surface area contributed by atoms with Crippen molar-refractivity contribution in [2.75, 3.05) is 5.32 Å². The van der Waals surface area contributed by atoms with Gasteiger partial charge >= 0.3 is 5.97 Å². The number of benzene rings is 1. The molecule has 0 aliphatic heterocycles. The largest absolute Gasteiger partial charge is 0.491 e. The Kier molecular flexibility index (Phi) is 4.50. The molecule has 1 aliphatic rings. The van der Waals surface area contributed by atoms with Gasteiger partial charge in [-0.25, -0.2) is 0 Å². The number of carbonyl (C=O) groups is 2. The maximum absolute atomic E-state index is 12.2. The molecule has 21 heavy (non-hydrogen) atoms. The van der Waals surface area contributed by atoms with Crippen LogP contribution in [0.25, 0.3) is 0 Å². The molecule has 0 aromatic heterocycles. The zero-order valence-electron chi connectivity index (χ0n) is 12.4. The molecule has 0 saturated heterocycles. The highest BCUT2D eigenvalue weighted by Crippen LogP contribution is 2.42.